The van der Waals surface area contributed by atoms with E-state index in [2.05, 4.69) is 20.5 Å². The number of fused-ring (bicyclic) bond motifs is 1. The standard InChI is InChI=1S/C39H49FN6O7S/c1-27(47)46(31-10-13-45(14-11-31)15-16-50-19-20-52-22-21-51-18-17-49-2)26-28-3-7-33(42-25-28)37-24-34-38(54-37)36(9-12-41-34)53-35-8-6-30(23-32(35)40)44-39(48)43-29-4-5-29/h3,6-9,12,23-25,29,31H,4-5,10-11,13-22,26H2,1-2H3,(H2,43,44,48). The van der Waals surface area contributed by atoms with E-state index < -0.39 is 5.82 Å². The number of pyridine rings is 2. The molecule has 54 heavy (non-hydrogen) atoms. The molecule has 1 aliphatic heterocycles. The van der Waals surface area contributed by atoms with Crippen LogP contribution in [0.25, 0.3) is 20.8 Å². The second kappa shape index (κ2) is 19.9. The van der Waals surface area contributed by atoms with Crippen molar-refractivity contribution in [3.05, 3.63) is 66.2 Å². The number of methoxy groups -OCH3 is 1. The van der Waals surface area contributed by atoms with E-state index in [-0.39, 0.29) is 29.8 Å². The van der Waals surface area contributed by atoms with E-state index in [9.17, 15) is 9.59 Å². The van der Waals surface area contributed by atoms with Crippen LogP contribution in [0.1, 0.15) is 38.2 Å². The van der Waals surface area contributed by atoms with E-state index in [0.29, 0.717) is 69.7 Å². The Labute approximate surface area is 319 Å². The first-order valence-electron chi connectivity index (χ1n) is 18.5. The summed E-state index contributed by atoms with van der Waals surface area (Å²) in [7, 11) is 1.65. The van der Waals surface area contributed by atoms with Crippen LogP contribution in [-0.4, -0.2) is 117 Å². The predicted molar refractivity (Wildman–Crippen MR) is 205 cm³/mol. The second-order valence-corrected chi connectivity index (χ2v) is 14.4. The number of likely N-dealkylation sites (tertiary alicyclic amines) is 1. The molecular formula is C39H49FN6O7S. The quantitative estimate of drug-likeness (QED) is 0.102. The third kappa shape index (κ3) is 11.6. The van der Waals surface area contributed by atoms with Crippen molar-refractivity contribution in [3.63, 3.8) is 0 Å². The van der Waals surface area contributed by atoms with Gasteiger partial charge in [-0.15, -0.1) is 11.3 Å². The van der Waals surface area contributed by atoms with Gasteiger partial charge >= 0.3 is 6.03 Å². The summed E-state index contributed by atoms with van der Waals surface area (Å²) in [5, 5.41) is 5.48. The third-order valence-corrected chi connectivity index (χ3v) is 10.4. The number of benzene rings is 1. The van der Waals surface area contributed by atoms with Gasteiger partial charge in [-0.05, 0) is 55.5 Å². The summed E-state index contributed by atoms with van der Waals surface area (Å²) in [5.74, 6) is -0.0376. The van der Waals surface area contributed by atoms with Crippen molar-refractivity contribution in [1.29, 1.82) is 0 Å². The van der Waals surface area contributed by atoms with Gasteiger partial charge in [-0.25, -0.2) is 9.18 Å². The highest BCUT2D eigenvalue weighted by molar-refractivity contribution is 7.22. The number of rotatable bonds is 20. The van der Waals surface area contributed by atoms with Gasteiger partial charge in [0.15, 0.2) is 11.6 Å². The van der Waals surface area contributed by atoms with Gasteiger partial charge in [0.1, 0.15) is 5.75 Å². The highest BCUT2D eigenvalue weighted by atomic mass is 32.1. The van der Waals surface area contributed by atoms with Crippen LogP contribution in [0.4, 0.5) is 14.9 Å². The number of ether oxygens (including phenoxy) is 5. The molecule has 1 saturated carbocycles. The molecule has 3 aromatic heterocycles. The number of piperidine rings is 1. The zero-order valence-corrected chi connectivity index (χ0v) is 31.7. The molecule has 4 heterocycles. The lowest BCUT2D eigenvalue weighted by Crippen LogP contribution is -2.47. The molecule has 0 bridgehead atoms. The number of thiophene rings is 1. The minimum Gasteiger partial charge on any atom is -0.453 e. The first-order chi connectivity index (χ1) is 26.4. The molecule has 2 N–H and O–H groups in total. The van der Waals surface area contributed by atoms with Crippen molar-refractivity contribution >= 4 is 39.2 Å². The lowest BCUT2D eigenvalue weighted by molar-refractivity contribution is -0.132. The number of urea groups is 1. The number of aromatic nitrogens is 2. The van der Waals surface area contributed by atoms with Crippen LogP contribution in [-0.2, 0) is 30.3 Å². The summed E-state index contributed by atoms with van der Waals surface area (Å²) in [6.07, 6.45) is 7.17. The number of anilines is 1. The molecule has 0 unspecified atom stereocenters. The fraction of sp³-hybridized carbons (Fsp3) is 0.487. The number of hydrogen-bond donors (Lipinski definition) is 2. The Bertz CT molecular complexity index is 1820. The second-order valence-electron chi connectivity index (χ2n) is 13.4. The van der Waals surface area contributed by atoms with Crippen LogP contribution in [0.2, 0.25) is 0 Å². The van der Waals surface area contributed by atoms with Crippen molar-refractivity contribution in [2.24, 2.45) is 0 Å². The lowest BCUT2D eigenvalue weighted by Gasteiger charge is -2.38. The number of nitrogens with zero attached hydrogens (tertiary/aromatic N) is 4. The Kier molecular flexibility index (Phi) is 14.5. The number of amides is 3. The van der Waals surface area contributed by atoms with Crippen LogP contribution in [0.3, 0.4) is 0 Å². The summed E-state index contributed by atoms with van der Waals surface area (Å²) in [5.41, 5.74) is 2.77. The highest BCUT2D eigenvalue weighted by Gasteiger charge is 2.27. The first kappa shape index (κ1) is 39.4. The topological polar surface area (TPSA) is 137 Å². The Balaban J connectivity index is 0.966. The van der Waals surface area contributed by atoms with Gasteiger partial charge in [-0.2, -0.15) is 0 Å². The molecule has 2 fully saturated rings. The van der Waals surface area contributed by atoms with E-state index in [1.54, 1.807) is 32.4 Å². The van der Waals surface area contributed by atoms with Gasteiger partial charge in [-0.3, -0.25) is 14.8 Å². The van der Waals surface area contributed by atoms with Gasteiger partial charge < -0.3 is 44.1 Å². The Morgan fingerprint density at radius 2 is 1.65 bits per heavy atom. The Morgan fingerprint density at radius 3 is 2.31 bits per heavy atom. The smallest absolute Gasteiger partial charge is 0.319 e. The zero-order chi connectivity index (χ0) is 37.7. The SMILES string of the molecule is COCCOCCOCCOCCN1CCC(N(Cc2ccc(-c3cc4nccc(Oc5ccc(NC(=O)NC6CC6)cc5F)c4s3)nc2)C(C)=O)CC1. The number of hydrogen-bond acceptors (Lipinski definition) is 11. The first-order valence-corrected chi connectivity index (χ1v) is 19.3. The summed E-state index contributed by atoms with van der Waals surface area (Å²) >= 11 is 1.46. The minimum absolute atomic E-state index is 0.0384. The third-order valence-electron chi connectivity index (χ3n) is 9.26. The molecular weight excluding hydrogens is 716 g/mol. The van der Waals surface area contributed by atoms with E-state index in [0.717, 1.165) is 66.2 Å². The van der Waals surface area contributed by atoms with Gasteiger partial charge in [0, 0.05) is 82.5 Å². The number of carbonyl (C=O) groups is 2. The minimum atomic E-state index is -0.595. The van der Waals surface area contributed by atoms with E-state index in [1.807, 2.05) is 29.3 Å². The molecule has 290 valence electrons. The van der Waals surface area contributed by atoms with E-state index in [4.69, 9.17) is 28.7 Å². The maximum Gasteiger partial charge on any atom is 0.319 e. The van der Waals surface area contributed by atoms with Gasteiger partial charge in [0.05, 0.1) is 67.0 Å². The summed E-state index contributed by atoms with van der Waals surface area (Å²) in [6.45, 7) is 8.76. The molecule has 1 saturated heterocycles. The molecule has 1 aliphatic carbocycles. The molecule has 3 amide bonds. The lowest BCUT2D eigenvalue weighted by atomic mass is 10.0. The molecule has 15 heteroatoms. The van der Waals surface area contributed by atoms with Gasteiger partial charge in [0.25, 0.3) is 0 Å². The van der Waals surface area contributed by atoms with Crippen LogP contribution < -0.4 is 15.4 Å². The maximum atomic E-state index is 15.0. The number of carbonyl (C=O) groups excluding carboxylic acids is 2. The van der Waals surface area contributed by atoms with Crippen LogP contribution >= 0.6 is 11.3 Å². The fourth-order valence-electron chi connectivity index (χ4n) is 6.17. The monoisotopic (exact) mass is 764 g/mol. The Hall–Kier alpha value is -4.25. The van der Waals surface area contributed by atoms with Crippen LogP contribution in [0, 0.1) is 5.82 Å². The van der Waals surface area contributed by atoms with Crippen molar-refractivity contribution in [3.8, 4) is 22.1 Å². The Morgan fingerprint density at radius 1 is 0.907 bits per heavy atom. The van der Waals surface area contributed by atoms with E-state index in [1.165, 1.54) is 23.5 Å². The summed E-state index contributed by atoms with van der Waals surface area (Å²) < 4.78 is 43.4. The largest absolute Gasteiger partial charge is 0.453 e. The van der Waals surface area contributed by atoms with Crippen LogP contribution in [0.15, 0.2) is 54.9 Å². The number of nitrogens with one attached hydrogen (secondary N) is 2. The summed E-state index contributed by atoms with van der Waals surface area (Å²) in [4.78, 5) is 39.3. The normalized spacial score (nSPS) is 15.0. The van der Waals surface area contributed by atoms with E-state index >= 15 is 4.39 Å². The number of halogens is 1. The fourth-order valence-corrected chi connectivity index (χ4v) is 7.21. The molecule has 6 rings (SSSR count). The highest BCUT2D eigenvalue weighted by Crippen LogP contribution is 2.39. The van der Waals surface area contributed by atoms with Gasteiger partial charge in [0.2, 0.25) is 5.91 Å². The molecule has 0 radical (unpaired) electrons. The zero-order valence-electron chi connectivity index (χ0n) is 30.9. The maximum absolute atomic E-state index is 15.0. The van der Waals surface area contributed by atoms with Crippen LogP contribution in [0.5, 0.6) is 11.5 Å². The summed E-state index contributed by atoms with van der Waals surface area (Å²) in [6, 6.07) is 11.9. The van der Waals surface area contributed by atoms with Crippen molar-refractivity contribution in [2.45, 2.75) is 51.2 Å². The molecule has 13 nitrogen and oxygen atoms in total. The molecule has 1 aromatic carbocycles. The average Bonchev–Trinajstić information content (AvgIpc) is 3.87. The average molecular weight is 765 g/mol. The predicted octanol–water partition coefficient (Wildman–Crippen LogP) is 6.08. The van der Waals surface area contributed by atoms with Crippen molar-refractivity contribution in [2.75, 3.05) is 78.3 Å². The molecule has 0 spiro atoms. The van der Waals surface area contributed by atoms with Gasteiger partial charge in [-0.1, -0.05) is 6.07 Å². The van der Waals surface area contributed by atoms with Crippen molar-refractivity contribution < 1.29 is 37.7 Å². The van der Waals surface area contributed by atoms with Crippen molar-refractivity contribution in [1.82, 2.24) is 25.1 Å². The molecule has 2 aliphatic rings. The molecule has 0 atom stereocenters. The molecule has 4 aromatic rings.